The molecule has 5 rings (SSSR count). The van der Waals surface area contributed by atoms with Gasteiger partial charge in [-0.1, -0.05) is 29.8 Å². The first-order valence-electron chi connectivity index (χ1n) is 12.5. The van der Waals surface area contributed by atoms with E-state index in [-0.39, 0.29) is 29.6 Å². The maximum absolute atomic E-state index is 13.5. The van der Waals surface area contributed by atoms with Crippen molar-refractivity contribution >= 4 is 28.8 Å². The molecule has 2 atom stereocenters. The van der Waals surface area contributed by atoms with Crippen LogP contribution in [0.3, 0.4) is 0 Å². The second-order valence-corrected chi connectivity index (χ2v) is 10.8. The van der Waals surface area contributed by atoms with Gasteiger partial charge in [-0.2, -0.15) is 0 Å². The largest absolute Gasteiger partial charge is 0.338 e. The van der Waals surface area contributed by atoms with Crippen LogP contribution in [0.5, 0.6) is 0 Å². The van der Waals surface area contributed by atoms with Gasteiger partial charge in [-0.15, -0.1) is 11.3 Å². The SMILES string of the molecule is Cc1ccc([C@@H]2c3ccsc3CCN2CC(=O)N2CCN(C(=O)c3ccc([N+](=O)[O-])cc3)[C@@H](C)C2)cc1. The minimum absolute atomic E-state index is 0.0451. The minimum atomic E-state index is -0.480. The van der Waals surface area contributed by atoms with Crippen molar-refractivity contribution in [3.8, 4) is 0 Å². The number of amides is 2. The van der Waals surface area contributed by atoms with Crippen LogP contribution in [0.4, 0.5) is 5.69 Å². The van der Waals surface area contributed by atoms with Crippen LogP contribution >= 0.6 is 11.3 Å². The van der Waals surface area contributed by atoms with Crippen molar-refractivity contribution in [2.24, 2.45) is 0 Å². The fourth-order valence-electron chi connectivity index (χ4n) is 5.33. The van der Waals surface area contributed by atoms with Gasteiger partial charge in [0.2, 0.25) is 5.91 Å². The molecular weight excluding hydrogens is 488 g/mol. The molecule has 0 bridgehead atoms. The van der Waals surface area contributed by atoms with E-state index in [4.69, 9.17) is 0 Å². The number of piperazine rings is 1. The topological polar surface area (TPSA) is 87.0 Å². The van der Waals surface area contributed by atoms with Gasteiger partial charge in [0.25, 0.3) is 11.6 Å². The molecule has 0 N–H and O–H groups in total. The number of hydrogen-bond donors (Lipinski definition) is 0. The molecule has 8 nitrogen and oxygen atoms in total. The Morgan fingerprint density at radius 3 is 2.43 bits per heavy atom. The lowest BCUT2D eigenvalue weighted by Crippen LogP contribution is -2.57. The summed E-state index contributed by atoms with van der Waals surface area (Å²) in [6, 6.07) is 16.3. The summed E-state index contributed by atoms with van der Waals surface area (Å²) >= 11 is 1.79. The number of non-ortho nitro benzene ring substituents is 1. The molecule has 1 fully saturated rings. The van der Waals surface area contributed by atoms with E-state index in [1.807, 2.05) is 11.8 Å². The highest BCUT2D eigenvalue weighted by Gasteiger charge is 2.34. The molecule has 1 aromatic heterocycles. The smallest absolute Gasteiger partial charge is 0.269 e. The Morgan fingerprint density at radius 2 is 1.76 bits per heavy atom. The highest BCUT2D eigenvalue weighted by atomic mass is 32.1. The van der Waals surface area contributed by atoms with Gasteiger partial charge < -0.3 is 9.80 Å². The van der Waals surface area contributed by atoms with Gasteiger partial charge in [-0.05, 0) is 55.0 Å². The first-order valence-corrected chi connectivity index (χ1v) is 13.4. The normalized spacial score (nSPS) is 19.9. The Hall–Kier alpha value is -3.56. The average Bonchev–Trinajstić information content (AvgIpc) is 3.38. The Balaban J connectivity index is 1.26. The zero-order valence-electron chi connectivity index (χ0n) is 21.0. The highest BCUT2D eigenvalue weighted by Crippen LogP contribution is 2.37. The minimum Gasteiger partial charge on any atom is -0.338 e. The van der Waals surface area contributed by atoms with Crippen molar-refractivity contribution in [2.45, 2.75) is 32.4 Å². The average molecular weight is 519 g/mol. The summed E-state index contributed by atoms with van der Waals surface area (Å²) < 4.78 is 0. The van der Waals surface area contributed by atoms with E-state index in [1.54, 1.807) is 16.2 Å². The van der Waals surface area contributed by atoms with Gasteiger partial charge >= 0.3 is 0 Å². The summed E-state index contributed by atoms with van der Waals surface area (Å²) in [6.07, 6.45) is 0.941. The molecule has 0 aliphatic carbocycles. The van der Waals surface area contributed by atoms with Crippen LogP contribution in [0.1, 0.15) is 44.9 Å². The van der Waals surface area contributed by atoms with Crippen LogP contribution < -0.4 is 0 Å². The summed E-state index contributed by atoms with van der Waals surface area (Å²) in [4.78, 5) is 44.2. The van der Waals surface area contributed by atoms with Gasteiger partial charge in [0.15, 0.2) is 0 Å². The summed E-state index contributed by atoms with van der Waals surface area (Å²) in [5.74, 6) is -0.0972. The Labute approximate surface area is 220 Å². The number of rotatable bonds is 5. The van der Waals surface area contributed by atoms with Crippen LogP contribution in [0, 0.1) is 17.0 Å². The number of fused-ring (bicyclic) bond motifs is 1. The lowest BCUT2D eigenvalue weighted by atomic mass is 9.92. The number of nitro groups is 1. The predicted octanol–water partition coefficient (Wildman–Crippen LogP) is 4.29. The fraction of sp³-hybridized carbons (Fsp3) is 0.357. The first-order chi connectivity index (χ1) is 17.8. The lowest BCUT2D eigenvalue weighted by molar-refractivity contribution is -0.384. The van der Waals surface area contributed by atoms with Crippen LogP contribution in [0.25, 0.3) is 0 Å². The molecule has 0 radical (unpaired) electrons. The molecule has 2 amide bonds. The van der Waals surface area contributed by atoms with Gasteiger partial charge in [0.05, 0.1) is 17.5 Å². The molecule has 9 heteroatoms. The number of nitro benzene ring substituents is 1. The number of benzene rings is 2. The van der Waals surface area contributed by atoms with E-state index in [2.05, 4.69) is 47.5 Å². The molecule has 2 aliphatic rings. The third-order valence-corrected chi connectivity index (χ3v) is 8.36. The number of aryl methyl sites for hydroxylation is 1. The highest BCUT2D eigenvalue weighted by molar-refractivity contribution is 7.10. The Morgan fingerprint density at radius 1 is 1.03 bits per heavy atom. The predicted molar refractivity (Wildman–Crippen MR) is 143 cm³/mol. The molecule has 0 spiro atoms. The van der Waals surface area contributed by atoms with Gasteiger partial charge in [0.1, 0.15) is 0 Å². The number of hydrogen-bond acceptors (Lipinski definition) is 6. The van der Waals surface area contributed by atoms with Gasteiger partial charge in [-0.25, -0.2) is 0 Å². The van der Waals surface area contributed by atoms with Crippen LogP contribution in [-0.4, -0.2) is 70.2 Å². The molecule has 3 aromatic rings. The summed E-state index contributed by atoms with van der Waals surface area (Å²) in [5.41, 5.74) is 4.07. The monoisotopic (exact) mass is 518 g/mol. The molecule has 2 aromatic carbocycles. The fourth-order valence-corrected chi connectivity index (χ4v) is 6.23. The van der Waals surface area contributed by atoms with Crippen LogP contribution in [0.15, 0.2) is 60.0 Å². The molecular formula is C28H30N4O4S. The molecule has 0 unspecified atom stereocenters. The number of carbonyl (C=O) groups is 2. The number of thiophene rings is 1. The molecule has 192 valence electrons. The van der Waals surface area contributed by atoms with Crippen LogP contribution in [0.2, 0.25) is 0 Å². The summed E-state index contributed by atoms with van der Waals surface area (Å²) in [5, 5.41) is 13.0. The zero-order chi connectivity index (χ0) is 26.1. The molecule has 1 saturated heterocycles. The third-order valence-electron chi connectivity index (χ3n) is 7.36. The van der Waals surface area contributed by atoms with Crippen molar-refractivity contribution in [3.05, 3.63) is 97.2 Å². The quantitative estimate of drug-likeness (QED) is 0.372. The summed E-state index contributed by atoms with van der Waals surface area (Å²) in [6.45, 7) is 6.53. The van der Waals surface area contributed by atoms with Crippen molar-refractivity contribution in [1.82, 2.24) is 14.7 Å². The second kappa shape index (κ2) is 10.4. The maximum Gasteiger partial charge on any atom is 0.269 e. The molecule has 0 saturated carbocycles. The Kier molecular flexibility index (Phi) is 7.08. The van der Waals surface area contributed by atoms with E-state index in [0.29, 0.717) is 31.7 Å². The van der Waals surface area contributed by atoms with Crippen molar-refractivity contribution < 1.29 is 14.5 Å². The lowest BCUT2D eigenvalue weighted by Gasteiger charge is -2.42. The van der Waals surface area contributed by atoms with Crippen molar-refractivity contribution in [2.75, 3.05) is 32.7 Å². The number of carbonyl (C=O) groups excluding carboxylic acids is 2. The van der Waals surface area contributed by atoms with E-state index < -0.39 is 4.92 Å². The molecule has 2 aliphatic heterocycles. The summed E-state index contributed by atoms with van der Waals surface area (Å²) in [7, 11) is 0. The molecule has 3 heterocycles. The first kappa shape index (κ1) is 25.1. The van der Waals surface area contributed by atoms with E-state index in [0.717, 1.165) is 13.0 Å². The van der Waals surface area contributed by atoms with Gasteiger partial charge in [-0.3, -0.25) is 24.6 Å². The second-order valence-electron chi connectivity index (χ2n) is 9.82. The standard InChI is InChI=1S/C28H30N4O4S/c1-19-3-5-21(6-4-19)27-24-12-16-37-25(24)11-13-30(27)18-26(33)29-14-15-31(20(2)17-29)28(34)22-7-9-23(10-8-22)32(35)36/h3-10,12,16,20,27H,11,13-15,17-18H2,1-2H3/t20-,27+/m0/s1. The van der Waals surface area contributed by atoms with E-state index >= 15 is 0 Å². The van der Waals surface area contributed by atoms with Crippen molar-refractivity contribution in [1.29, 1.82) is 0 Å². The number of nitrogens with zero attached hydrogens (tertiary/aromatic N) is 4. The maximum atomic E-state index is 13.5. The third kappa shape index (κ3) is 5.14. The van der Waals surface area contributed by atoms with Gasteiger partial charge in [0, 0.05) is 54.8 Å². The Bertz CT molecular complexity index is 1300. The molecule has 37 heavy (non-hydrogen) atoms. The van der Waals surface area contributed by atoms with Crippen LogP contribution in [-0.2, 0) is 11.2 Å². The van der Waals surface area contributed by atoms with E-state index in [1.165, 1.54) is 45.8 Å². The van der Waals surface area contributed by atoms with Crippen molar-refractivity contribution in [3.63, 3.8) is 0 Å². The van der Waals surface area contributed by atoms with E-state index in [9.17, 15) is 19.7 Å². The zero-order valence-corrected chi connectivity index (χ0v) is 21.8.